The number of para-hydroxylation sites is 1. The second-order valence-corrected chi connectivity index (χ2v) is 4.31. The fraction of sp³-hybridized carbons (Fsp3) is 0.308. The topological polar surface area (TPSA) is 42.2 Å². The Balaban J connectivity index is 2.25. The fourth-order valence-corrected chi connectivity index (χ4v) is 1.89. The third kappa shape index (κ3) is 2.92. The minimum absolute atomic E-state index is 0.272. The number of rotatable bonds is 4. The molecular formula is C13H15F2N3. The van der Waals surface area contributed by atoms with Gasteiger partial charge in [0.05, 0.1) is 12.1 Å². The van der Waals surface area contributed by atoms with E-state index in [1.807, 2.05) is 30.3 Å². The lowest BCUT2D eigenvalue weighted by Crippen LogP contribution is -2.24. The van der Waals surface area contributed by atoms with E-state index in [1.54, 1.807) is 7.05 Å². The summed E-state index contributed by atoms with van der Waals surface area (Å²) in [6.45, 7) is 0.0975. The minimum Gasteiger partial charge on any atom is -0.383 e. The van der Waals surface area contributed by atoms with E-state index in [1.165, 1.54) is 4.90 Å². The molecule has 0 bridgehead atoms. The van der Waals surface area contributed by atoms with Crippen molar-refractivity contribution in [1.82, 2.24) is 9.88 Å². The van der Waals surface area contributed by atoms with Crippen LogP contribution in [0.2, 0.25) is 0 Å². The molecule has 0 aliphatic rings. The Hall–Kier alpha value is -1.75. The number of pyridine rings is 1. The van der Waals surface area contributed by atoms with Gasteiger partial charge in [-0.1, -0.05) is 18.2 Å². The van der Waals surface area contributed by atoms with Gasteiger partial charge in [-0.15, -0.1) is 0 Å². The highest BCUT2D eigenvalue weighted by Gasteiger charge is 2.11. The average molecular weight is 251 g/mol. The second kappa shape index (κ2) is 5.27. The SMILES string of the molecule is CN(Cc1cc2ccccc2nc1N)CC(F)F. The number of aromatic nitrogens is 1. The second-order valence-electron chi connectivity index (χ2n) is 4.31. The van der Waals surface area contributed by atoms with Crippen molar-refractivity contribution in [2.75, 3.05) is 19.3 Å². The molecule has 0 fully saturated rings. The van der Waals surface area contributed by atoms with Crippen molar-refractivity contribution in [2.45, 2.75) is 13.0 Å². The first-order valence-electron chi connectivity index (χ1n) is 5.67. The van der Waals surface area contributed by atoms with Crippen LogP contribution < -0.4 is 5.73 Å². The van der Waals surface area contributed by atoms with Crippen LogP contribution in [0.25, 0.3) is 10.9 Å². The smallest absolute Gasteiger partial charge is 0.251 e. The van der Waals surface area contributed by atoms with Crippen LogP contribution >= 0.6 is 0 Å². The van der Waals surface area contributed by atoms with E-state index >= 15 is 0 Å². The molecule has 0 saturated heterocycles. The van der Waals surface area contributed by atoms with E-state index in [2.05, 4.69) is 4.98 Å². The van der Waals surface area contributed by atoms with Crippen molar-refractivity contribution in [3.8, 4) is 0 Å². The molecule has 1 heterocycles. The highest BCUT2D eigenvalue weighted by molar-refractivity contribution is 5.81. The Morgan fingerprint density at radius 3 is 2.78 bits per heavy atom. The van der Waals surface area contributed by atoms with Gasteiger partial charge in [0.1, 0.15) is 5.82 Å². The number of halogens is 2. The lowest BCUT2D eigenvalue weighted by atomic mass is 10.1. The van der Waals surface area contributed by atoms with Crippen LogP contribution in [0.1, 0.15) is 5.56 Å². The molecule has 5 heteroatoms. The number of nitrogens with two attached hydrogens (primary N) is 1. The van der Waals surface area contributed by atoms with E-state index in [0.29, 0.717) is 12.4 Å². The predicted octanol–water partition coefficient (Wildman–Crippen LogP) is 2.51. The van der Waals surface area contributed by atoms with E-state index < -0.39 is 6.43 Å². The maximum atomic E-state index is 12.3. The van der Waals surface area contributed by atoms with Gasteiger partial charge < -0.3 is 5.73 Å². The maximum absolute atomic E-state index is 12.3. The Labute approximate surface area is 104 Å². The van der Waals surface area contributed by atoms with Gasteiger partial charge in [0.25, 0.3) is 6.43 Å². The van der Waals surface area contributed by atoms with Crippen molar-refractivity contribution in [3.63, 3.8) is 0 Å². The molecule has 0 amide bonds. The number of hydrogen-bond donors (Lipinski definition) is 1. The van der Waals surface area contributed by atoms with Gasteiger partial charge in [0.15, 0.2) is 0 Å². The highest BCUT2D eigenvalue weighted by atomic mass is 19.3. The van der Waals surface area contributed by atoms with Crippen molar-refractivity contribution >= 4 is 16.7 Å². The lowest BCUT2D eigenvalue weighted by Gasteiger charge is -2.17. The maximum Gasteiger partial charge on any atom is 0.251 e. The largest absolute Gasteiger partial charge is 0.383 e. The molecule has 0 atom stereocenters. The Kier molecular flexibility index (Phi) is 3.72. The summed E-state index contributed by atoms with van der Waals surface area (Å²) >= 11 is 0. The number of fused-ring (bicyclic) bond motifs is 1. The normalized spacial score (nSPS) is 11.6. The summed E-state index contributed by atoms with van der Waals surface area (Å²) in [5, 5.41) is 0.965. The summed E-state index contributed by atoms with van der Waals surface area (Å²) in [6.07, 6.45) is -2.34. The third-order valence-electron chi connectivity index (χ3n) is 2.73. The molecule has 0 radical (unpaired) electrons. The molecule has 2 aromatic rings. The zero-order valence-corrected chi connectivity index (χ0v) is 10.1. The van der Waals surface area contributed by atoms with Crippen LogP contribution in [0.5, 0.6) is 0 Å². The van der Waals surface area contributed by atoms with Gasteiger partial charge in [-0.05, 0) is 19.2 Å². The van der Waals surface area contributed by atoms with Gasteiger partial charge in [-0.25, -0.2) is 13.8 Å². The summed E-state index contributed by atoms with van der Waals surface area (Å²) in [6, 6.07) is 9.50. The summed E-state index contributed by atoms with van der Waals surface area (Å²) in [5.74, 6) is 0.398. The predicted molar refractivity (Wildman–Crippen MR) is 68.5 cm³/mol. The van der Waals surface area contributed by atoms with E-state index in [-0.39, 0.29) is 6.54 Å². The number of anilines is 1. The minimum atomic E-state index is -2.34. The van der Waals surface area contributed by atoms with Gasteiger partial charge in [-0.2, -0.15) is 0 Å². The number of nitrogens with zero attached hydrogens (tertiary/aromatic N) is 2. The van der Waals surface area contributed by atoms with Crippen LogP contribution in [0.15, 0.2) is 30.3 Å². The van der Waals surface area contributed by atoms with Crippen LogP contribution in [0, 0.1) is 0 Å². The molecule has 18 heavy (non-hydrogen) atoms. The van der Waals surface area contributed by atoms with Crippen LogP contribution in [-0.2, 0) is 6.54 Å². The van der Waals surface area contributed by atoms with Crippen LogP contribution in [-0.4, -0.2) is 29.9 Å². The number of hydrogen-bond acceptors (Lipinski definition) is 3. The molecule has 0 saturated carbocycles. The molecule has 2 rings (SSSR count). The Bertz CT molecular complexity index is 543. The molecule has 1 aromatic heterocycles. The molecule has 0 unspecified atom stereocenters. The molecule has 0 aliphatic heterocycles. The summed E-state index contributed by atoms with van der Waals surface area (Å²) in [4.78, 5) is 5.81. The summed E-state index contributed by atoms with van der Waals surface area (Å²) in [7, 11) is 1.64. The molecule has 0 spiro atoms. The van der Waals surface area contributed by atoms with Gasteiger partial charge in [0.2, 0.25) is 0 Å². The lowest BCUT2D eigenvalue weighted by molar-refractivity contribution is 0.0976. The van der Waals surface area contributed by atoms with E-state index in [9.17, 15) is 8.78 Å². The average Bonchev–Trinajstić information content (AvgIpc) is 2.29. The molecule has 2 N–H and O–H groups in total. The molecule has 1 aromatic carbocycles. The Morgan fingerprint density at radius 2 is 2.06 bits per heavy atom. The first-order valence-corrected chi connectivity index (χ1v) is 5.67. The van der Waals surface area contributed by atoms with Crippen molar-refractivity contribution in [3.05, 3.63) is 35.9 Å². The van der Waals surface area contributed by atoms with E-state index in [0.717, 1.165) is 16.5 Å². The van der Waals surface area contributed by atoms with Gasteiger partial charge in [0, 0.05) is 17.5 Å². The Morgan fingerprint density at radius 1 is 1.33 bits per heavy atom. The number of alkyl halides is 2. The van der Waals surface area contributed by atoms with Gasteiger partial charge >= 0.3 is 0 Å². The van der Waals surface area contributed by atoms with Crippen LogP contribution in [0.3, 0.4) is 0 Å². The number of benzene rings is 1. The molecule has 3 nitrogen and oxygen atoms in total. The summed E-state index contributed by atoms with van der Waals surface area (Å²) in [5.41, 5.74) is 7.43. The molecule has 0 aliphatic carbocycles. The van der Waals surface area contributed by atoms with Crippen LogP contribution in [0.4, 0.5) is 14.6 Å². The number of nitrogen functional groups attached to an aromatic ring is 1. The van der Waals surface area contributed by atoms with E-state index in [4.69, 9.17) is 5.73 Å². The zero-order valence-electron chi connectivity index (χ0n) is 10.1. The third-order valence-corrected chi connectivity index (χ3v) is 2.73. The summed E-state index contributed by atoms with van der Waals surface area (Å²) < 4.78 is 24.5. The standard InChI is InChI=1S/C13H15F2N3/c1-18(8-12(14)15)7-10-6-9-4-2-3-5-11(9)17-13(10)16/h2-6,12H,7-8H2,1H3,(H2,16,17). The quantitative estimate of drug-likeness (QED) is 0.907. The monoisotopic (exact) mass is 251 g/mol. The van der Waals surface area contributed by atoms with Crippen molar-refractivity contribution in [1.29, 1.82) is 0 Å². The van der Waals surface area contributed by atoms with Crippen molar-refractivity contribution in [2.24, 2.45) is 0 Å². The first kappa shape index (κ1) is 12.7. The molecular weight excluding hydrogens is 236 g/mol. The van der Waals surface area contributed by atoms with Gasteiger partial charge in [-0.3, -0.25) is 4.90 Å². The molecule has 96 valence electrons. The highest BCUT2D eigenvalue weighted by Crippen LogP contribution is 2.19. The first-order chi connectivity index (χ1) is 8.56. The van der Waals surface area contributed by atoms with Crippen molar-refractivity contribution < 1.29 is 8.78 Å². The zero-order chi connectivity index (χ0) is 13.1. The fourth-order valence-electron chi connectivity index (χ4n) is 1.89.